The lowest BCUT2D eigenvalue weighted by Crippen LogP contribution is -2.48. The molecule has 4 rings (SSSR count). The quantitative estimate of drug-likeness (QED) is 0.553. The minimum atomic E-state index is -3.99. The Kier molecular flexibility index (Phi) is 6.40. The number of hydrogen-bond donors (Lipinski definition) is 0. The number of rotatable bonds is 7. The van der Waals surface area contributed by atoms with Gasteiger partial charge in [-0.15, -0.1) is 0 Å². The minimum Gasteiger partial charge on any atom is -0.339 e. The zero-order valence-electron chi connectivity index (χ0n) is 16.7. The van der Waals surface area contributed by atoms with Crippen LogP contribution in [0.1, 0.15) is 12.3 Å². The lowest BCUT2D eigenvalue weighted by Gasteiger charge is -2.33. The number of aryl methyl sites for hydroxylation is 1. The summed E-state index contributed by atoms with van der Waals surface area (Å²) in [5, 5.41) is 4.00. The molecule has 10 heteroatoms. The molecule has 0 bridgehead atoms. The van der Waals surface area contributed by atoms with Crippen LogP contribution in [0.25, 0.3) is 11.4 Å². The first-order valence-electron chi connectivity index (χ1n) is 9.99. The molecule has 0 atom stereocenters. The molecule has 0 unspecified atom stereocenters. The highest BCUT2D eigenvalue weighted by Crippen LogP contribution is 2.22. The van der Waals surface area contributed by atoms with Crippen molar-refractivity contribution in [3.8, 4) is 11.4 Å². The molecule has 0 aliphatic carbocycles. The average molecular weight is 448 g/mol. The van der Waals surface area contributed by atoms with E-state index in [0.29, 0.717) is 37.3 Å². The molecule has 1 aliphatic heterocycles. The maximum Gasteiger partial charge on any atom is 0.246 e. The second-order valence-electron chi connectivity index (χ2n) is 7.30. The van der Waals surface area contributed by atoms with Crippen LogP contribution in [-0.2, 0) is 16.4 Å². The van der Waals surface area contributed by atoms with Crippen molar-refractivity contribution in [2.75, 3.05) is 32.7 Å². The Hall–Kier alpha value is -2.69. The molecule has 2 aromatic carbocycles. The molecular formula is C21H22F2N4O3S. The van der Waals surface area contributed by atoms with Crippen molar-refractivity contribution >= 4 is 10.0 Å². The summed E-state index contributed by atoms with van der Waals surface area (Å²) in [5.41, 5.74) is 0.896. The van der Waals surface area contributed by atoms with Gasteiger partial charge in [0, 0.05) is 44.2 Å². The lowest BCUT2D eigenvalue weighted by atomic mass is 10.2. The number of aromatic nitrogens is 2. The van der Waals surface area contributed by atoms with Gasteiger partial charge in [-0.1, -0.05) is 35.5 Å². The number of hydrogen-bond acceptors (Lipinski definition) is 6. The first-order valence-corrected chi connectivity index (χ1v) is 11.4. The van der Waals surface area contributed by atoms with Gasteiger partial charge >= 0.3 is 0 Å². The van der Waals surface area contributed by atoms with Gasteiger partial charge in [-0.3, -0.25) is 0 Å². The third kappa shape index (κ3) is 4.97. The predicted molar refractivity (Wildman–Crippen MR) is 110 cm³/mol. The molecule has 31 heavy (non-hydrogen) atoms. The summed E-state index contributed by atoms with van der Waals surface area (Å²) in [4.78, 5) is 6.06. The number of piperazine rings is 1. The fourth-order valence-electron chi connectivity index (χ4n) is 3.53. The molecule has 1 aromatic heterocycles. The van der Waals surface area contributed by atoms with Crippen molar-refractivity contribution < 1.29 is 21.7 Å². The van der Waals surface area contributed by atoms with E-state index in [1.807, 2.05) is 30.3 Å². The lowest BCUT2D eigenvalue weighted by molar-refractivity contribution is 0.185. The average Bonchev–Trinajstić information content (AvgIpc) is 3.23. The van der Waals surface area contributed by atoms with Gasteiger partial charge in [0.1, 0.15) is 16.5 Å². The van der Waals surface area contributed by atoms with Crippen LogP contribution in [0.5, 0.6) is 0 Å². The third-order valence-corrected chi connectivity index (χ3v) is 7.14. The van der Waals surface area contributed by atoms with Crippen molar-refractivity contribution in [1.29, 1.82) is 0 Å². The molecule has 0 spiro atoms. The molecule has 0 amide bonds. The van der Waals surface area contributed by atoms with Crippen LogP contribution in [-0.4, -0.2) is 60.5 Å². The van der Waals surface area contributed by atoms with Gasteiger partial charge in [-0.25, -0.2) is 17.2 Å². The molecule has 0 N–H and O–H groups in total. The molecule has 1 saturated heterocycles. The van der Waals surface area contributed by atoms with Crippen LogP contribution in [0.2, 0.25) is 0 Å². The fourth-order valence-corrected chi connectivity index (χ4v) is 5.00. The summed E-state index contributed by atoms with van der Waals surface area (Å²) < 4.78 is 58.9. The first kappa shape index (κ1) is 21.5. The summed E-state index contributed by atoms with van der Waals surface area (Å²) >= 11 is 0. The van der Waals surface area contributed by atoms with E-state index >= 15 is 0 Å². The van der Waals surface area contributed by atoms with E-state index in [1.54, 1.807) is 0 Å². The molecule has 1 aliphatic rings. The van der Waals surface area contributed by atoms with Crippen LogP contribution < -0.4 is 0 Å². The summed E-state index contributed by atoms with van der Waals surface area (Å²) in [6.45, 7) is 2.31. The summed E-state index contributed by atoms with van der Waals surface area (Å²) in [7, 11) is -3.99. The zero-order chi connectivity index (χ0) is 21.8. The van der Waals surface area contributed by atoms with Gasteiger partial charge in [0.15, 0.2) is 0 Å². The van der Waals surface area contributed by atoms with Crippen LogP contribution in [0.4, 0.5) is 8.78 Å². The van der Waals surface area contributed by atoms with Crippen LogP contribution in [0.3, 0.4) is 0 Å². The standard InChI is InChI=1S/C21H22F2N4O3S/c22-17-8-9-19(18(23)15-17)31(28,29)27-13-11-26(12-14-27)10-4-7-20-24-21(25-30-20)16-5-2-1-3-6-16/h1-3,5-6,8-9,15H,4,7,10-14H2. The Morgan fingerprint density at radius 1 is 1.00 bits per heavy atom. The SMILES string of the molecule is O=S(=O)(c1ccc(F)cc1F)N1CCN(CCCc2nc(-c3ccccc3)no2)CC1. The van der Waals surface area contributed by atoms with E-state index in [1.165, 1.54) is 4.31 Å². The summed E-state index contributed by atoms with van der Waals surface area (Å²) in [6, 6.07) is 12.1. The highest BCUT2D eigenvalue weighted by Gasteiger charge is 2.30. The fraction of sp³-hybridized carbons (Fsp3) is 0.333. The third-order valence-electron chi connectivity index (χ3n) is 5.21. The maximum absolute atomic E-state index is 13.9. The molecule has 0 saturated carbocycles. The largest absolute Gasteiger partial charge is 0.339 e. The number of nitrogens with zero attached hydrogens (tertiary/aromatic N) is 4. The van der Waals surface area contributed by atoms with Crippen molar-refractivity contribution in [2.45, 2.75) is 17.7 Å². The van der Waals surface area contributed by atoms with Crippen LogP contribution in [0, 0.1) is 11.6 Å². The first-order chi connectivity index (χ1) is 14.9. The monoisotopic (exact) mass is 448 g/mol. The van der Waals surface area contributed by atoms with E-state index in [0.717, 1.165) is 30.7 Å². The van der Waals surface area contributed by atoms with Gasteiger partial charge in [-0.05, 0) is 25.1 Å². The Morgan fingerprint density at radius 3 is 2.45 bits per heavy atom. The van der Waals surface area contributed by atoms with Crippen molar-refractivity contribution in [3.05, 3.63) is 66.1 Å². The summed E-state index contributed by atoms with van der Waals surface area (Å²) in [6.07, 6.45) is 1.41. The van der Waals surface area contributed by atoms with Crippen molar-refractivity contribution in [2.24, 2.45) is 0 Å². The highest BCUT2D eigenvalue weighted by molar-refractivity contribution is 7.89. The van der Waals surface area contributed by atoms with Crippen molar-refractivity contribution in [1.82, 2.24) is 19.3 Å². The van der Waals surface area contributed by atoms with E-state index in [4.69, 9.17) is 4.52 Å². The molecule has 164 valence electrons. The van der Waals surface area contributed by atoms with E-state index in [9.17, 15) is 17.2 Å². The van der Waals surface area contributed by atoms with Crippen molar-refractivity contribution in [3.63, 3.8) is 0 Å². The topological polar surface area (TPSA) is 79.5 Å². The molecule has 3 aromatic rings. The van der Waals surface area contributed by atoms with Gasteiger partial charge in [0.25, 0.3) is 0 Å². The van der Waals surface area contributed by atoms with Gasteiger partial charge in [0.05, 0.1) is 0 Å². The van der Waals surface area contributed by atoms with Crippen LogP contribution >= 0.6 is 0 Å². The van der Waals surface area contributed by atoms with Gasteiger partial charge in [0.2, 0.25) is 21.7 Å². The molecular weight excluding hydrogens is 426 g/mol. The van der Waals surface area contributed by atoms with E-state index < -0.39 is 26.6 Å². The Balaban J connectivity index is 1.27. The predicted octanol–water partition coefficient (Wildman–Crippen LogP) is 2.95. The second kappa shape index (κ2) is 9.21. The van der Waals surface area contributed by atoms with E-state index in [2.05, 4.69) is 15.0 Å². The highest BCUT2D eigenvalue weighted by atomic mass is 32.2. The number of halogens is 2. The molecule has 1 fully saturated rings. The van der Waals surface area contributed by atoms with Gasteiger partial charge < -0.3 is 9.42 Å². The molecule has 7 nitrogen and oxygen atoms in total. The molecule has 0 radical (unpaired) electrons. The second-order valence-corrected chi connectivity index (χ2v) is 9.21. The van der Waals surface area contributed by atoms with E-state index in [-0.39, 0.29) is 13.1 Å². The molecule has 2 heterocycles. The Bertz CT molecular complexity index is 1130. The maximum atomic E-state index is 13.9. The number of benzene rings is 2. The summed E-state index contributed by atoms with van der Waals surface area (Å²) in [5.74, 6) is -0.760. The Morgan fingerprint density at radius 2 is 1.74 bits per heavy atom. The minimum absolute atomic E-state index is 0.248. The number of sulfonamides is 1. The van der Waals surface area contributed by atoms with Gasteiger partial charge in [-0.2, -0.15) is 9.29 Å². The van der Waals surface area contributed by atoms with Crippen LogP contribution in [0.15, 0.2) is 57.9 Å². The normalized spacial score (nSPS) is 15.9. The Labute approximate surface area is 179 Å². The zero-order valence-corrected chi connectivity index (χ0v) is 17.6. The smallest absolute Gasteiger partial charge is 0.246 e.